The molecule has 2 aliphatic heterocycles. The van der Waals surface area contributed by atoms with Crippen molar-refractivity contribution in [3.63, 3.8) is 0 Å². The van der Waals surface area contributed by atoms with E-state index < -0.39 is 0 Å². The third-order valence-corrected chi connectivity index (χ3v) is 21.2. The molecule has 0 bridgehead atoms. The summed E-state index contributed by atoms with van der Waals surface area (Å²) in [7, 11) is 1.71. The Morgan fingerprint density at radius 1 is 0.582 bits per heavy atom. The molecule has 16 heteroatoms. The number of aromatic nitrogens is 4. The fourth-order valence-electron chi connectivity index (χ4n) is 14.8. The van der Waals surface area contributed by atoms with Gasteiger partial charge in [0.05, 0.1) is 19.8 Å². The monoisotopic (exact) mass is 1470 g/mol. The van der Waals surface area contributed by atoms with Gasteiger partial charge in [0.1, 0.15) is 35.7 Å². The molecule has 0 spiro atoms. The summed E-state index contributed by atoms with van der Waals surface area (Å²) < 4.78 is 25.7. The minimum Gasteiger partial charge on any atom is -0.508 e. The van der Waals surface area contributed by atoms with Crippen molar-refractivity contribution >= 4 is 108 Å². The summed E-state index contributed by atoms with van der Waals surface area (Å²) >= 11 is 14.3. The van der Waals surface area contributed by atoms with E-state index in [9.17, 15) is 9.90 Å². The lowest BCUT2D eigenvalue weighted by Crippen LogP contribution is -2.49. The number of rotatable bonds is 9. The molecule has 7 atom stereocenters. The maximum atomic E-state index is 12.4. The summed E-state index contributed by atoms with van der Waals surface area (Å²) in [5.74, 6) is 4.41. The van der Waals surface area contributed by atoms with Crippen molar-refractivity contribution in [3.05, 3.63) is 237 Å². The Kier molecular flexibility index (Phi) is 18.1. The average Bonchev–Trinajstić information content (AvgIpc) is 1.71. The van der Waals surface area contributed by atoms with Crippen molar-refractivity contribution < 1.29 is 28.6 Å². The number of carbonyl (C=O) groups is 1. The van der Waals surface area contributed by atoms with Gasteiger partial charge in [0.25, 0.3) is 5.91 Å². The number of epoxide rings is 1. The molecule has 6 heterocycles. The molecule has 6 N–H and O–H groups in total. The summed E-state index contributed by atoms with van der Waals surface area (Å²) in [6.07, 6.45) is 14.2. The number of amides is 1. The van der Waals surface area contributed by atoms with Crippen LogP contribution in [-0.2, 0) is 24.0 Å². The zero-order chi connectivity index (χ0) is 62.3. The lowest BCUT2D eigenvalue weighted by molar-refractivity contribution is 0.0912. The normalized spacial score (nSPS) is 20.8. The highest BCUT2D eigenvalue weighted by Crippen LogP contribution is 2.47. The van der Waals surface area contributed by atoms with E-state index >= 15 is 0 Å². The number of methoxy groups -OCH3 is 1. The van der Waals surface area contributed by atoms with Crippen molar-refractivity contribution in [2.24, 2.45) is 0 Å². The van der Waals surface area contributed by atoms with Gasteiger partial charge in [-0.25, -0.2) is 0 Å². The van der Waals surface area contributed by atoms with E-state index in [-0.39, 0.29) is 18.0 Å². The number of H-pyrrole nitrogens is 3. The largest absolute Gasteiger partial charge is 0.508 e. The van der Waals surface area contributed by atoms with Gasteiger partial charge in [0.2, 0.25) is 0 Å². The fraction of sp³-hybridized carbons (Fsp3) is 0.307. The first-order valence-corrected chi connectivity index (χ1v) is 35.0. The van der Waals surface area contributed by atoms with Crippen LogP contribution in [0.4, 0.5) is 5.69 Å². The molecule has 4 aliphatic carbocycles. The van der Waals surface area contributed by atoms with Crippen LogP contribution >= 0.6 is 63.7 Å². The van der Waals surface area contributed by atoms with E-state index in [2.05, 4.69) is 216 Å². The number of fused-ring (bicyclic) bond motifs is 12. The summed E-state index contributed by atoms with van der Waals surface area (Å²) in [5, 5.41) is 24.1. The van der Waals surface area contributed by atoms with Crippen LogP contribution in [0.15, 0.2) is 174 Å². The number of carbonyl (C=O) groups excluding carboxylic acids is 1. The summed E-state index contributed by atoms with van der Waals surface area (Å²) in [6.45, 7) is 3.27. The van der Waals surface area contributed by atoms with Crippen LogP contribution in [0, 0.1) is 6.92 Å². The topological polar surface area (TPSA) is 166 Å². The van der Waals surface area contributed by atoms with Crippen molar-refractivity contribution in [2.75, 3.05) is 25.6 Å². The summed E-state index contributed by atoms with van der Waals surface area (Å²) in [4.78, 5) is 23.4. The molecule has 4 aromatic heterocycles. The molecule has 91 heavy (non-hydrogen) atoms. The SMILES string of the molecule is Brc1ccc2[nH]c3c(c2c1)CCCC3c1ccc(OCC2CO2)cc1.COc1ccc(C2CCCc3c2[nH]c2ccc(Br)cc32)cc1.Cc1cc(C(=O)NC2CCCC3c4cc(Br)ccc4NC23)no1.Oc1ccc(C2CCCc3c2[nH]c2ccc(Br)cc32)cc1. The number of benzene rings is 7. The minimum absolute atomic E-state index is 0.101. The number of nitrogens with zero attached hydrogens (tertiary/aromatic N) is 1. The molecular weight excluding hydrogens is 1400 g/mol. The molecule has 7 aromatic carbocycles. The first-order valence-electron chi connectivity index (χ1n) is 31.9. The van der Waals surface area contributed by atoms with Crippen molar-refractivity contribution in [1.82, 2.24) is 25.4 Å². The number of hydrogen-bond acceptors (Lipinski definition) is 8. The van der Waals surface area contributed by atoms with Gasteiger partial charge in [-0.05, 0) is 226 Å². The molecule has 7 unspecified atom stereocenters. The number of nitrogens with one attached hydrogen (secondary N) is 5. The highest BCUT2D eigenvalue weighted by Gasteiger charge is 2.41. The number of phenolic OH excluding ortho intramolecular Hbond substituents is 1. The minimum atomic E-state index is -0.161. The molecule has 12 nitrogen and oxygen atoms in total. The van der Waals surface area contributed by atoms with Crippen LogP contribution in [-0.4, -0.2) is 69.6 Å². The number of hydrogen-bond donors (Lipinski definition) is 6. The third kappa shape index (κ3) is 13.3. The Hall–Kier alpha value is -7.08. The number of phenols is 1. The predicted octanol–water partition coefficient (Wildman–Crippen LogP) is 19.3. The second-order valence-corrected chi connectivity index (χ2v) is 28.7. The Bertz CT molecular complexity index is 4420. The van der Waals surface area contributed by atoms with Crippen LogP contribution in [0.3, 0.4) is 0 Å². The predicted molar refractivity (Wildman–Crippen MR) is 376 cm³/mol. The zero-order valence-electron chi connectivity index (χ0n) is 50.8. The van der Waals surface area contributed by atoms with Crippen molar-refractivity contribution in [3.8, 4) is 17.2 Å². The van der Waals surface area contributed by atoms with E-state index in [1.165, 1.54) is 133 Å². The molecule has 466 valence electrons. The molecule has 2 fully saturated rings. The van der Waals surface area contributed by atoms with Gasteiger partial charge in [0, 0.05) is 109 Å². The molecule has 1 amide bonds. The highest BCUT2D eigenvalue weighted by atomic mass is 79.9. The van der Waals surface area contributed by atoms with Gasteiger partial charge >= 0.3 is 0 Å². The van der Waals surface area contributed by atoms with Gasteiger partial charge in [-0.1, -0.05) is 112 Å². The lowest BCUT2D eigenvalue weighted by atomic mass is 9.79. The molecular formula is C75H72Br4N6O6. The van der Waals surface area contributed by atoms with E-state index in [0.29, 0.717) is 53.6 Å². The zero-order valence-corrected chi connectivity index (χ0v) is 57.2. The van der Waals surface area contributed by atoms with Gasteiger partial charge < -0.3 is 49.4 Å². The molecule has 6 aliphatic rings. The van der Waals surface area contributed by atoms with Gasteiger partial charge in [-0.3, -0.25) is 4.79 Å². The van der Waals surface area contributed by atoms with Crippen LogP contribution in [0.2, 0.25) is 0 Å². The Morgan fingerprint density at radius 3 is 1.53 bits per heavy atom. The maximum absolute atomic E-state index is 12.4. The molecule has 1 saturated heterocycles. The number of ether oxygens (including phenoxy) is 3. The number of aromatic amines is 3. The fourth-order valence-corrected chi connectivity index (χ4v) is 16.2. The van der Waals surface area contributed by atoms with Crippen LogP contribution < -0.4 is 20.1 Å². The lowest BCUT2D eigenvalue weighted by Gasteiger charge is -2.34. The van der Waals surface area contributed by atoms with Gasteiger partial charge in [0.15, 0.2) is 5.69 Å². The highest BCUT2D eigenvalue weighted by molar-refractivity contribution is 9.11. The van der Waals surface area contributed by atoms with Gasteiger partial charge in [-0.2, -0.15) is 0 Å². The molecule has 17 rings (SSSR count). The number of aromatic hydroxyl groups is 1. The summed E-state index contributed by atoms with van der Waals surface area (Å²) in [5.41, 5.74) is 19.1. The van der Waals surface area contributed by atoms with E-state index in [4.69, 9.17) is 18.7 Å². The second kappa shape index (κ2) is 26.9. The quantitative estimate of drug-likeness (QED) is 0.0777. The number of anilines is 1. The number of aryl methyl sites for hydroxylation is 4. The Morgan fingerprint density at radius 2 is 1.05 bits per heavy atom. The van der Waals surface area contributed by atoms with Crippen LogP contribution in [0.5, 0.6) is 17.2 Å². The van der Waals surface area contributed by atoms with Crippen LogP contribution in [0.25, 0.3) is 32.7 Å². The number of halogens is 4. The van der Waals surface area contributed by atoms with Crippen LogP contribution in [0.1, 0.15) is 154 Å². The first-order chi connectivity index (χ1) is 44.4. The maximum Gasteiger partial charge on any atom is 0.273 e. The average molecular weight is 1470 g/mol. The van der Waals surface area contributed by atoms with Crippen molar-refractivity contribution in [2.45, 2.75) is 126 Å². The third-order valence-electron chi connectivity index (χ3n) is 19.3. The molecule has 11 aromatic rings. The van der Waals surface area contributed by atoms with E-state index in [0.717, 1.165) is 74.5 Å². The van der Waals surface area contributed by atoms with E-state index in [1.807, 2.05) is 12.1 Å². The first kappa shape index (κ1) is 61.4. The Labute approximate surface area is 563 Å². The smallest absolute Gasteiger partial charge is 0.273 e. The molecule has 0 radical (unpaired) electrons. The van der Waals surface area contributed by atoms with E-state index in [1.54, 1.807) is 32.2 Å². The van der Waals surface area contributed by atoms with Gasteiger partial charge in [-0.15, -0.1) is 0 Å². The summed E-state index contributed by atoms with van der Waals surface area (Å²) in [6, 6.07) is 52.6. The molecule has 1 saturated carbocycles. The second-order valence-electron chi connectivity index (χ2n) is 25.0. The Balaban J connectivity index is 0.000000106. The standard InChI is InChI=1S/C21H20BrNO2.C19H18BrNO.C18H16BrNO.C17H18BrN3O2/c22-14-6-9-20-19(10-14)18-3-1-2-17(21(18)23-20)13-4-7-15(8-5-13)24-11-16-12-25-16;1-22-14-8-5-12(6-9-14)15-3-2-4-16-17-11-13(20)7-10-18(17)21-19(15)16;19-12-6-9-17-16(10-12)15-3-1-2-14(18(15)20-17)11-4-7-13(21)8-5-11;1-9-7-15(21-23-9)17(22)20-14-4-2-3-11-12-8-10(18)5-6-13(12)19-16(11)14/h4-10,16-17,23H,1-3,11-12H2;5-11,15,21H,2-4H2,1H3;4-10,14,20-21H,1-3H2;5-8,11,14,16,19H,2-4H2,1H3,(H,20,22). The van der Waals surface area contributed by atoms with Crippen molar-refractivity contribution in [1.29, 1.82) is 0 Å².